The summed E-state index contributed by atoms with van der Waals surface area (Å²) in [7, 11) is 4.00. The van der Waals surface area contributed by atoms with Crippen LogP contribution in [-0.4, -0.2) is 44.0 Å². The molecule has 0 spiro atoms. The van der Waals surface area contributed by atoms with Crippen LogP contribution in [0.1, 0.15) is 6.92 Å². The van der Waals surface area contributed by atoms with Gasteiger partial charge < -0.3 is 15.5 Å². The SMILES string of the molecule is CC(CN(C)C)NCC(=O)Nc1ccccc1Cl. The molecule has 0 saturated heterocycles. The van der Waals surface area contributed by atoms with Crippen molar-refractivity contribution in [3.8, 4) is 0 Å². The largest absolute Gasteiger partial charge is 0.324 e. The first-order valence-electron chi connectivity index (χ1n) is 5.91. The lowest BCUT2D eigenvalue weighted by Gasteiger charge is -2.18. The van der Waals surface area contributed by atoms with Gasteiger partial charge in [0.15, 0.2) is 0 Å². The van der Waals surface area contributed by atoms with Crippen molar-refractivity contribution < 1.29 is 4.79 Å². The molecule has 0 heterocycles. The first-order chi connectivity index (χ1) is 8.49. The zero-order valence-electron chi connectivity index (χ0n) is 11.0. The van der Waals surface area contributed by atoms with Gasteiger partial charge in [-0.25, -0.2) is 0 Å². The van der Waals surface area contributed by atoms with Gasteiger partial charge in [0.1, 0.15) is 0 Å². The van der Waals surface area contributed by atoms with Gasteiger partial charge in [-0.1, -0.05) is 23.7 Å². The van der Waals surface area contributed by atoms with Crippen molar-refractivity contribution in [2.24, 2.45) is 0 Å². The van der Waals surface area contributed by atoms with Gasteiger partial charge in [0.05, 0.1) is 17.3 Å². The fraction of sp³-hybridized carbons (Fsp3) is 0.462. The summed E-state index contributed by atoms with van der Waals surface area (Å²) in [4.78, 5) is 13.8. The number of halogens is 1. The minimum atomic E-state index is -0.0892. The van der Waals surface area contributed by atoms with Gasteiger partial charge in [-0.2, -0.15) is 0 Å². The number of rotatable bonds is 6. The molecule has 100 valence electrons. The van der Waals surface area contributed by atoms with Crippen molar-refractivity contribution in [3.05, 3.63) is 29.3 Å². The Bertz CT molecular complexity index is 396. The highest BCUT2D eigenvalue weighted by atomic mass is 35.5. The van der Waals surface area contributed by atoms with E-state index in [2.05, 4.69) is 15.5 Å². The molecule has 1 rings (SSSR count). The lowest BCUT2D eigenvalue weighted by atomic mass is 10.3. The van der Waals surface area contributed by atoms with Gasteiger partial charge in [0, 0.05) is 12.6 Å². The number of carbonyl (C=O) groups is 1. The Hall–Kier alpha value is -1.10. The van der Waals surface area contributed by atoms with Crippen LogP contribution in [0.25, 0.3) is 0 Å². The zero-order valence-corrected chi connectivity index (χ0v) is 11.8. The van der Waals surface area contributed by atoms with E-state index in [1.165, 1.54) is 0 Å². The van der Waals surface area contributed by atoms with E-state index in [0.29, 0.717) is 10.7 Å². The number of nitrogens with zero attached hydrogens (tertiary/aromatic N) is 1. The van der Waals surface area contributed by atoms with Crippen LogP contribution in [0.4, 0.5) is 5.69 Å². The van der Waals surface area contributed by atoms with Crippen molar-refractivity contribution in [3.63, 3.8) is 0 Å². The van der Waals surface area contributed by atoms with Crippen molar-refractivity contribution >= 4 is 23.2 Å². The molecule has 0 radical (unpaired) electrons. The maximum absolute atomic E-state index is 11.7. The number of carbonyl (C=O) groups excluding carboxylic acids is 1. The van der Waals surface area contributed by atoms with Crippen LogP contribution in [0.15, 0.2) is 24.3 Å². The van der Waals surface area contributed by atoms with Crippen molar-refractivity contribution in [2.75, 3.05) is 32.5 Å². The Balaban J connectivity index is 2.36. The van der Waals surface area contributed by atoms with E-state index in [0.717, 1.165) is 6.54 Å². The second-order valence-electron chi connectivity index (χ2n) is 4.57. The number of likely N-dealkylation sites (N-methyl/N-ethyl adjacent to an activating group) is 1. The van der Waals surface area contributed by atoms with Crippen LogP contribution in [0.5, 0.6) is 0 Å². The molecule has 5 heteroatoms. The fourth-order valence-corrected chi connectivity index (χ4v) is 1.82. The number of anilines is 1. The molecular formula is C13H20ClN3O. The highest BCUT2D eigenvalue weighted by Crippen LogP contribution is 2.19. The third kappa shape index (κ3) is 5.49. The summed E-state index contributed by atoms with van der Waals surface area (Å²) in [5, 5.41) is 6.48. The smallest absolute Gasteiger partial charge is 0.238 e. The molecule has 0 aromatic heterocycles. The molecular weight excluding hydrogens is 250 g/mol. The van der Waals surface area contributed by atoms with E-state index in [1.807, 2.05) is 33.2 Å². The van der Waals surface area contributed by atoms with E-state index in [-0.39, 0.29) is 18.5 Å². The molecule has 0 aliphatic carbocycles. The number of nitrogens with one attached hydrogen (secondary N) is 2. The molecule has 0 bridgehead atoms. The molecule has 0 aliphatic rings. The maximum Gasteiger partial charge on any atom is 0.238 e. The predicted octanol–water partition coefficient (Wildman–Crippen LogP) is 1.82. The Morgan fingerprint density at radius 3 is 2.67 bits per heavy atom. The minimum Gasteiger partial charge on any atom is -0.324 e. The van der Waals surface area contributed by atoms with Crippen LogP contribution in [-0.2, 0) is 4.79 Å². The van der Waals surface area contributed by atoms with E-state index >= 15 is 0 Å². The Labute approximate surface area is 113 Å². The summed E-state index contributed by atoms with van der Waals surface area (Å²) in [6, 6.07) is 7.46. The Morgan fingerprint density at radius 2 is 2.06 bits per heavy atom. The molecule has 2 N–H and O–H groups in total. The third-order valence-electron chi connectivity index (χ3n) is 2.40. The van der Waals surface area contributed by atoms with Crippen LogP contribution < -0.4 is 10.6 Å². The molecule has 1 aromatic carbocycles. The zero-order chi connectivity index (χ0) is 13.5. The molecule has 1 amide bonds. The molecule has 0 saturated carbocycles. The summed E-state index contributed by atoms with van der Waals surface area (Å²) in [5.41, 5.74) is 0.645. The Kier molecular flexibility index (Phi) is 6.12. The molecule has 1 unspecified atom stereocenters. The van der Waals surface area contributed by atoms with Crippen LogP contribution in [0.2, 0.25) is 5.02 Å². The van der Waals surface area contributed by atoms with E-state index < -0.39 is 0 Å². The Morgan fingerprint density at radius 1 is 1.39 bits per heavy atom. The van der Waals surface area contributed by atoms with Gasteiger partial charge >= 0.3 is 0 Å². The summed E-state index contributed by atoms with van der Waals surface area (Å²) >= 11 is 5.96. The van der Waals surface area contributed by atoms with Crippen molar-refractivity contribution in [1.29, 1.82) is 0 Å². The lowest BCUT2D eigenvalue weighted by Crippen LogP contribution is -2.40. The van der Waals surface area contributed by atoms with Gasteiger partial charge in [-0.15, -0.1) is 0 Å². The standard InChI is InChI=1S/C13H20ClN3O/c1-10(9-17(2)3)15-8-13(18)16-12-7-5-4-6-11(12)14/h4-7,10,15H,8-9H2,1-3H3,(H,16,18). The summed E-state index contributed by atoms with van der Waals surface area (Å²) < 4.78 is 0. The van der Waals surface area contributed by atoms with Gasteiger partial charge in [-0.3, -0.25) is 4.79 Å². The van der Waals surface area contributed by atoms with E-state index in [4.69, 9.17) is 11.6 Å². The average molecular weight is 270 g/mol. The normalized spacial score (nSPS) is 12.5. The number of amides is 1. The monoisotopic (exact) mass is 269 g/mol. The van der Waals surface area contributed by atoms with Gasteiger partial charge in [0.2, 0.25) is 5.91 Å². The molecule has 4 nitrogen and oxygen atoms in total. The van der Waals surface area contributed by atoms with E-state index in [9.17, 15) is 4.79 Å². The second-order valence-corrected chi connectivity index (χ2v) is 4.98. The molecule has 0 aliphatic heterocycles. The summed E-state index contributed by atoms with van der Waals surface area (Å²) in [6.45, 7) is 3.21. The predicted molar refractivity (Wildman–Crippen MR) is 76.1 cm³/mol. The number of hydrogen-bond acceptors (Lipinski definition) is 3. The maximum atomic E-state index is 11.7. The van der Waals surface area contributed by atoms with Gasteiger partial charge in [-0.05, 0) is 33.2 Å². The van der Waals surface area contributed by atoms with Crippen LogP contribution in [0.3, 0.4) is 0 Å². The summed E-state index contributed by atoms with van der Waals surface area (Å²) in [6.07, 6.45) is 0. The molecule has 18 heavy (non-hydrogen) atoms. The quantitative estimate of drug-likeness (QED) is 0.828. The first kappa shape index (κ1) is 15.0. The molecule has 1 atom stereocenters. The minimum absolute atomic E-state index is 0.0892. The average Bonchev–Trinajstić information content (AvgIpc) is 2.29. The summed E-state index contributed by atoms with van der Waals surface area (Å²) in [5.74, 6) is -0.0892. The molecule has 0 fully saturated rings. The highest BCUT2D eigenvalue weighted by molar-refractivity contribution is 6.33. The second kappa shape index (κ2) is 7.36. The highest BCUT2D eigenvalue weighted by Gasteiger charge is 2.08. The number of hydrogen-bond donors (Lipinski definition) is 2. The van der Waals surface area contributed by atoms with E-state index in [1.54, 1.807) is 12.1 Å². The first-order valence-corrected chi connectivity index (χ1v) is 6.29. The van der Waals surface area contributed by atoms with Crippen LogP contribution >= 0.6 is 11.6 Å². The van der Waals surface area contributed by atoms with Crippen molar-refractivity contribution in [2.45, 2.75) is 13.0 Å². The molecule has 1 aromatic rings. The number of para-hydroxylation sites is 1. The lowest BCUT2D eigenvalue weighted by molar-refractivity contribution is -0.115. The van der Waals surface area contributed by atoms with Crippen LogP contribution in [0, 0.1) is 0 Å². The topological polar surface area (TPSA) is 44.4 Å². The third-order valence-corrected chi connectivity index (χ3v) is 2.73. The van der Waals surface area contributed by atoms with Crippen molar-refractivity contribution in [1.82, 2.24) is 10.2 Å². The fourth-order valence-electron chi connectivity index (χ4n) is 1.64. The van der Waals surface area contributed by atoms with Gasteiger partial charge in [0.25, 0.3) is 0 Å². The number of benzene rings is 1.